The Morgan fingerprint density at radius 1 is 1.19 bits per heavy atom. The average Bonchev–Trinajstić information content (AvgIpc) is 2.47. The Bertz CT molecular complexity index is 604. The molecule has 1 saturated heterocycles. The van der Waals surface area contributed by atoms with Crippen molar-refractivity contribution in [1.82, 2.24) is 4.31 Å². The van der Waals surface area contributed by atoms with E-state index in [1.807, 2.05) is 0 Å². The lowest BCUT2D eigenvalue weighted by Gasteiger charge is -2.52. The maximum absolute atomic E-state index is 12.9. The smallest absolute Gasteiger partial charge is 0.243 e. The lowest BCUT2D eigenvalue weighted by molar-refractivity contribution is -0.113. The van der Waals surface area contributed by atoms with Crippen molar-refractivity contribution >= 4 is 10.0 Å². The minimum atomic E-state index is -3.51. The van der Waals surface area contributed by atoms with Gasteiger partial charge in [-0.15, -0.1) is 0 Å². The summed E-state index contributed by atoms with van der Waals surface area (Å²) in [6.07, 6.45) is 4.14. The van der Waals surface area contributed by atoms with Gasteiger partial charge in [-0.2, -0.15) is 4.31 Å². The second kappa shape index (κ2) is 5.34. The van der Waals surface area contributed by atoms with E-state index >= 15 is 0 Å². The first-order chi connectivity index (χ1) is 9.98. The highest BCUT2D eigenvalue weighted by molar-refractivity contribution is 7.89. The second-order valence-corrected chi connectivity index (χ2v) is 7.92. The molecule has 1 aromatic carbocycles. The Balaban J connectivity index is 1.73. The summed E-state index contributed by atoms with van der Waals surface area (Å²) in [5.41, 5.74) is 0.170. The van der Waals surface area contributed by atoms with Gasteiger partial charge in [0.1, 0.15) is 5.82 Å². The molecule has 0 aromatic heterocycles. The van der Waals surface area contributed by atoms with Gasteiger partial charge in [0.25, 0.3) is 0 Å². The summed E-state index contributed by atoms with van der Waals surface area (Å²) >= 11 is 0. The number of methoxy groups -OCH3 is 1. The lowest BCUT2D eigenvalue weighted by Crippen LogP contribution is -2.53. The van der Waals surface area contributed by atoms with Gasteiger partial charge in [-0.25, -0.2) is 12.8 Å². The average molecular weight is 313 g/mol. The van der Waals surface area contributed by atoms with Crippen LogP contribution in [0.2, 0.25) is 0 Å². The summed E-state index contributed by atoms with van der Waals surface area (Å²) in [4.78, 5) is 0.164. The molecule has 3 rings (SSSR count). The minimum absolute atomic E-state index is 0.164. The van der Waals surface area contributed by atoms with Gasteiger partial charge in [0.2, 0.25) is 10.0 Å². The molecule has 4 nitrogen and oxygen atoms in total. The molecule has 1 atom stereocenters. The molecular weight excluding hydrogens is 293 g/mol. The molecule has 1 saturated carbocycles. The van der Waals surface area contributed by atoms with Crippen LogP contribution in [0.15, 0.2) is 29.2 Å². The Morgan fingerprint density at radius 3 is 2.29 bits per heavy atom. The molecule has 0 amide bonds. The third-order valence-electron chi connectivity index (χ3n) is 5.04. The molecule has 116 valence electrons. The van der Waals surface area contributed by atoms with Crippen molar-refractivity contribution < 1.29 is 17.5 Å². The first-order valence-electron chi connectivity index (χ1n) is 7.26. The molecular formula is C15H20FNO3S. The van der Waals surface area contributed by atoms with Crippen molar-refractivity contribution in [2.24, 2.45) is 5.41 Å². The van der Waals surface area contributed by atoms with Gasteiger partial charge in [-0.1, -0.05) is 0 Å². The molecule has 6 heteroatoms. The first-order valence-corrected chi connectivity index (χ1v) is 8.70. The van der Waals surface area contributed by atoms with Crippen molar-refractivity contribution in [3.8, 4) is 0 Å². The van der Waals surface area contributed by atoms with Gasteiger partial charge in [-0.3, -0.25) is 0 Å². The maximum atomic E-state index is 12.9. The summed E-state index contributed by atoms with van der Waals surface area (Å²) in [5, 5.41) is 0. The molecule has 21 heavy (non-hydrogen) atoms. The normalized spacial score (nSPS) is 25.7. The number of ether oxygens (including phenoxy) is 1. The summed E-state index contributed by atoms with van der Waals surface area (Å²) in [7, 11) is -1.78. The third kappa shape index (κ3) is 2.49. The molecule has 1 aliphatic carbocycles. The largest absolute Gasteiger partial charge is 0.381 e. The molecule has 0 bridgehead atoms. The molecule has 2 aliphatic rings. The highest BCUT2D eigenvalue weighted by Gasteiger charge is 2.49. The number of benzene rings is 1. The number of hydrogen-bond acceptors (Lipinski definition) is 3. The SMILES string of the molecule is COC1CCC12CCN(S(=O)(=O)c1ccc(F)cc1)CC2. The van der Waals surface area contributed by atoms with Crippen LogP contribution in [0.25, 0.3) is 0 Å². The Hall–Kier alpha value is -0.980. The van der Waals surface area contributed by atoms with E-state index in [9.17, 15) is 12.8 Å². The standard InChI is InChI=1S/C15H20FNO3S/c1-20-14-6-7-15(14)8-10-17(11-9-15)21(18,19)13-4-2-12(16)3-5-13/h2-5,14H,6-11H2,1H3. The summed E-state index contributed by atoms with van der Waals surface area (Å²) in [5.74, 6) is -0.427. The number of halogens is 1. The van der Waals surface area contributed by atoms with Gasteiger partial charge in [0, 0.05) is 20.2 Å². The summed E-state index contributed by atoms with van der Waals surface area (Å²) in [6, 6.07) is 5.03. The van der Waals surface area contributed by atoms with Crippen LogP contribution in [0.4, 0.5) is 4.39 Å². The van der Waals surface area contributed by atoms with Crippen LogP contribution >= 0.6 is 0 Å². The molecule has 0 N–H and O–H groups in total. The predicted molar refractivity (Wildman–Crippen MR) is 76.9 cm³/mol. The van der Waals surface area contributed by atoms with E-state index in [0.717, 1.165) is 25.7 Å². The molecule has 1 unspecified atom stereocenters. The predicted octanol–water partition coefficient (Wildman–Crippen LogP) is 2.41. The highest BCUT2D eigenvalue weighted by Crippen LogP contribution is 2.50. The fourth-order valence-electron chi connectivity index (χ4n) is 3.54. The van der Waals surface area contributed by atoms with Crippen LogP contribution in [0.1, 0.15) is 25.7 Å². The van der Waals surface area contributed by atoms with Crippen LogP contribution < -0.4 is 0 Å². The monoisotopic (exact) mass is 313 g/mol. The number of rotatable bonds is 3. The van der Waals surface area contributed by atoms with E-state index in [-0.39, 0.29) is 16.4 Å². The van der Waals surface area contributed by atoms with Crippen molar-refractivity contribution in [2.45, 2.75) is 36.7 Å². The van der Waals surface area contributed by atoms with Crippen molar-refractivity contribution in [3.63, 3.8) is 0 Å². The lowest BCUT2D eigenvalue weighted by atomic mass is 9.61. The zero-order valence-electron chi connectivity index (χ0n) is 12.1. The molecule has 2 fully saturated rings. The molecule has 0 radical (unpaired) electrons. The topological polar surface area (TPSA) is 46.6 Å². The van der Waals surface area contributed by atoms with Crippen LogP contribution in [-0.4, -0.2) is 39.0 Å². The van der Waals surface area contributed by atoms with Crippen LogP contribution in [-0.2, 0) is 14.8 Å². The molecule has 1 aromatic rings. The Labute approximate surface area is 125 Å². The number of hydrogen-bond donors (Lipinski definition) is 0. The van der Waals surface area contributed by atoms with Crippen LogP contribution in [0.5, 0.6) is 0 Å². The quantitative estimate of drug-likeness (QED) is 0.861. The van der Waals surface area contributed by atoms with E-state index in [2.05, 4.69) is 0 Å². The van der Waals surface area contributed by atoms with E-state index in [1.165, 1.54) is 28.6 Å². The Morgan fingerprint density at radius 2 is 1.81 bits per heavy atom. The molecule has 1 heterocycles. The molecule has 1 aliphatic heterocycles. The van der Waals surface area contributed by atoms with E-state index in [0.29, 0.717) is 13.1 Å². The summed E-state index contributed by atoms with van der Waals surface area (Å²) < 4.78 is 45.0. The second-order valence-electron chi connectivity index (χ2n) is 5.98. The van der Waals surface area contributed by atoms with Gasteiger partial charge in [0.05, 0.1) is 11.0 Å². The van der Waals surface area contributed by atoms with E-state index in [1.54, 1.807) is 7.11 Å². The number of nitrogens with zero attached hydrogens (tertiary/aromatic N) is 1. The molecule has 1 spiro atoms. The minimum Gasteiger partial charge on any atom is -0.381 e. The van der Waals surface area contributed by atoms with Crippen LogP contribution in [0, 0.1) is 11.2 Å². The maximum Gasteiger partial charge on any atom is 0.243 e. The fourth-order valence-corrected chi connectivity index (χ4v) is 4.98. The van der Waals surface area contributed by atoms with Crippen molar-refractivity contribution in [3.05, 3.63) is 30.1 Å². The Kier molecular flexibility index (Phi) is 3.80. The fraction of sp³-hybridized carbons (Fsp3) is 0.600. The zero-order chi connectivity index (χ0) is 15.1. The van der Waals surface area contributed by atoms with E-state index in [4.69, 9.17) is 4.74 Å². The van der Waals surface area contributed by atoms with Gasteiger partial charge < -0.3 is 4.74 Å². The summed E-state index contributed by atoms with van der Waals surface area (Å²) in [6.45, 7) is 1.03. The highest BCUT2D eigenvalue weighted by atomic mass is 32.2. The van der Waals surface area contributed by atoms with Gasteiger partial charge >= 0.3 is 0 Å². The van der Waals surface area contributed by atoms with Crippen LogP contribution in [0.3, 0.4) is 0 Å². The zero-order valence-corrected chi connectivity index (χ0v) is 12.9. The first kappa shape index (κ1) is 14.9. The van der Waals surface area contributed by atoms with Gasteiger partial charge in [-0.05, 0) is 55.4 Å². The van der Waals surface area contributed by atoms with Crippen molar-refractivity contribution in [2.75, 3.05) is 20.2 Å². The third-order valence-corrected chi connectivity index (χ3v) is 6.95. The van der Waals surface area contributed by atoms with E-state index < -0.39 is 15.8 Å². The van der Waals surface area contributed by atoms with Gasteiger partial charge in [0.15, 0.2) is 0 Å². The number of piperidine rings is 1. The number of sulfonamides is 1. The van der Waals surface area contributed by atoms with Crippen molar-refractivity contribution in [1.29, 1.82) is 0 Å².